The van der Waals surface area contributed by atoms with Crippen molar-refractivity contribution >= 4 is 21.7 Å². The Morgan fingerprint density at radius 3 is 2.60 bits per heavy atom. The predicted molar refractivity (Wildman–Crippen MR) is 71.8 cm³/mol. The predicted octanol–water partition coefficient (Wildman–Crippen LogP) is 0.0763. The molecule has 1 aromatic carbocycles. The topological polar surface area (TPSA) is 98.9 Å². The number of rotatable bonds is 3. The Balaban J connectivity index is 2.39. The van der Waals surface area contributed by atoms with Gasteiger partial charge in [0.15, 0.2) is 0 Å². The molecule has 0 saturated carbocycles. The highest BCUT2D eigenvalue weighted by Crippen LogP contribution is 2.22. The number of nitrogens with two attached hydrogens (primary N) is 1. The standard InChI is InChI=1S/C12H16N2O5S/c1-18-12(15)10-8-9(2-3-11(10)13)20(16,17)14-4-6-19-7-5-14/h2-3,8H,4-7,13H2,1H3. The van der Waals surface area contributed by atoms with Crippen molar-refractivity contribution in [1.29, 1.82) is 0 Å². The van der Waals surface area contributed by atoms with Crippen LogP contribution >= 0.6 is 0 Å². The van der Waals surface area contributed by atoms with E-state index >= 15 is 0 Å². The first-order chi connectivity index (χ1) is 9.46. The van der Waals surface area contributed by atoms with Gasteiger partial charge in [0, 0.05) is 18.8 Å². The van der Waals surface area contributed by atoms with Crippen molar-refractivity contribution in [1.82, 2.24) is 4.31 Å². The van der Waals surface area contributed by atoms with Crippen molar-refractivity contribution in [3.8, 4) is 0 Å². The number of ether oxygens (including phenoxy) is 2. The van der Waals surface area contributed by atoms with Crippen molar-refractivity contribution in [2.75, 3.05) is 39.1 Å². The number of carbonyl (C=O) groups excluding carboxylic acids is 1. The van der Waals surface area contributed by atoms with E-state index in [9.17, 15) is 13.2 Å². The van der Waals surface area contributed by atoms with Crippen molar-refractivity contribution in [2.45, 2.75) is 4.90 Å². The van der Waals surface area contributed by atoms with E-state index < -0.39 is 16.0 Å². The molecule has 8 heteroatoms. The molecule has 0 amide bonds. The smallest absolute Gasteiger partial charge is 0.339 e. The molecule has 1 aliphatic rings. The number of hydrogen-bond donors (Lipinski definition) is 1. The van der Waals surface area contributed by atoms with Crippen LogP contribution < -0.4 is 5.73 Å². The van der Waals surface area contributed by atoms with E-state index in [-0.39, 0.29) is 16.1 Å². The number of benzene rings is 1. The molecule has 2 N–H and O–H groups in total. The molecular formula is C12H16N2O5S. The molecule has 1 aromatic rings. The Morgan fingerprint density at radius 1 is 1.35 bits per heavy atom. The molecule has 7 nitrogen and oxygen atoms in total. The number of hydrogen-bond acceptors (Lipinski definition) is 6. The Hall–Kier alpha value is -1.64. The summed E-state index contributed by atoms with van der Waals surface area (Å²) >= 11 is 0. The number of esters is 1. The van der Waals surface area contributed by atoms with Gasteiger partial charge in [0.25, 0.3) is 0 Å². The second-order valence-electron chi connectivity index (χ2n) is 4.26. The molecule has 0 spiro atoms. The van der Waals surface area contributed by atoms with E-state index in [1.807, 2.05) is 0 Å². The first-order valence-electron chi connectivity index (χ1n) is 6.02. The van der Waals surface area contributed by atoms with Gasteiger partial charge >= 0.3 is 5.97 Å². The highest BCUT2D eigenvalue weighted by Gasteiger charge is 2.27. The quantitative estimate of drug-likeness (QED) is 0.627. The molecule has 0 atom stereocenters. The maximum absolute atomic E-state index is 12.4. The van der Waals surface area contributed by atoms with E-state index in [1.54, 1.807) is 0 Å². The van der Waals surface area contributed by atoms with E-state index in [0.29, 0.717) is 26.3 Å². The van der Waals surface area contributed by atoms with Gasteiger partial charge in [0.05, 0.1) is 30.8 Å². The van der Waals surface area contributed by atoms with Crippen LogP contribution in [0, 0.1) is 0 Å². The van der Waals surface area contributed by atoms with Crippen molar-refractivity contribution in [3.05, 3.63) is 23.8 Å². The van der Waals surface area contributed by atoms with E-state index in [2.05, 4.69) is 4.74 Å². The lowest BCUT2D eigenvalue weighted by molar-refractivity contribution is 0.0601. The zero-order valence-electron chi connectivity index (χ0n) is 11.0. The van der Waals surface area contributed by atoms with E-state index in [4.69, 9.17) is 10.5 Å². The fourth-order valence-corrected chi connectivity index (χ4v) is 3.35. The summed E-state index contributed by atoms with van der Waals surface area (Å²) in [6.45, 7) is 1.30. The second kappa shape index (κ2) is 5.78. The molecule has 110 valence electrons. The van der Waals surface area contributed by atoms with Crippen LogP contribution in [0.1, 0.15) is 10.4 Å². The molecule has 0 unspecified atom stereocenters. The summed E-state index contributed by atoms with van der Waals surface area (Å²) in [4.78, 5) is 11.6. The monoisotopic (exact) mass is 300 g/mol. The average Bonchev–Trinajstić information content (AvgIpc) is 2.47. The third-order valence-corrected chi connectivity index (χ3v) is 4.93. The minimum absolute atomic E-state index is 0.0222. The third kappa shape index (κ3) is 2.77. The van der Waals surface area contributed by atoms with Crippen LogP contribution in [-0.2, 0) is 19.5 Å². The summed E-state index contributed by atoms with van der Waals surface area (Å²) in [6, 6.07) is 4.01. The lowest BCUT2D eigenvalue weighted by Gasteiger charge is -2.26. The van der Waals surface area contributed by atoms with Gasteiger partial charge in [-0.1, -0.05) is 0 Å². The highest BCUT2D eigenvalue weighted by molar-refractivity contribution is 7.89. The normalized spacial score (nSPS) is 16.9. The lowest BCUT2D eigenvalue weighted by Crippen LogP contribution is -2.40. The minimum Gasteiger partial charge on any atom is -0.465 e. The zero-order chi connectivity index (χ0) is 14.8. The van der Waals surface area contributed by atoms with Crippen LogP contribution in [0.25, 0.3) is 0 Å². The summed E-state index contributed by atoms with van der Waals surface area (Å²) in [6.07, 6.45) is 0. The summed E-state index contributed by atoms with van der Waals surface area (Å²) < 4.78 is 35.9. The molecule has 1 aliphatic heterocycles. The summed E-state index contributed by atoms with van der Waals surface area (Å²) in [5.41, 5.74) is 5.88. The summed E-state index contributed by atoms with van der Waals surface area (Å²) in [5, 5.41) is 0. The Kier molecular flexibility index (Phi) is 4.26. The van der Waals surface area contributed by atoms with Crippen LogP contribution in [-0.4, -0.2) is 52.1 Å². The van der Waals surface area contributed by atoms with Gasteiger partial charge in [-0.25, -0.2) is 13.2 Å². The van der Waals surface area contributed by atoms with Crippen molar-refractivity contribution in [3.63, 3.8) is 0 Å². The number of nitrogens with zero attached hydrogens (tertiary/aromatic N) is 1. The first kappa shape index (κ1) is 14.8. The summed E-state index contributed by atoms with van der Waals surface area (Å²) in [5.74, 6) is -0.665. The SMILES string of the molecule is COC(=O)c1cc(S(=O)(=O)N2CCOCC2)ccc1N. The van der Waals surface area contributed by atoms with Crippen molar-refractivity contribution < 1.29 is 22.7 Å². The highest BCUT2D eigenvalue weighted by atomic mass is 32.2. The molecule has 0 aromatic heterocycles. The lowest BCUT2D eigenvalue weighted by atomic mass is 10.2. The van der Waals surface area contributed by atoms with Crippen LogP contribution in [0.3, 0.4) is 0 Å². The van der Waals surface area contributed by atoms with Gasteiger partial charge in [-0.2, -0.15) is 4.31 Å². The van der Waals surface area contributed by atoms with Crippen LogP contribution in [0.15, 0.2) is 23.1 Å². The number of methoxy groups -OCH3 is 1. The Bertz CT molecular complexity index is 608. The Morgan fingerprint density at radius 2 is 2.00 bits per heavy atom. The molecule has 0 radical (unpaired) electrons. The average molecular weight is 300 g/mol. The maximum Gasteiger partial charge on any atom is 0.339 e. The second-order valence-corrected chi connectivity index (χ2v) is 6.20. The number of nitrogen functional groups attached to an aromatic ring is 1. The zero-order valence-corrected chi connectivity index (χ0v) is 11.9. The largest absolute Gasteiger partial charge is 0.465 e. The maximum atomic E-state index is 12.4. The molecule has 1 heterocycles. The number of morpholine rings is 1. The van der Waals surface area contributed by atoms with Crippen molar-refractivity contribution in [2.24, 2.45) is 0 Å². The van der Waals surface area contributed by atoms with Gasteiger partial charge < -0.3 is 15.2 Å². The molecule has 1 fully saturated rings. The molecule has 1 saturated heterocycles. The van der Waals surface area contributed by atoms with E-state index in [1.165, 1.54) is 29.6 Å². The fourth-order valence-electron chi connectivity index (χ4n) is 1.92. The molecule has 0 bridgehead atoms. The first-order valence-corrected chi connectivity index (χ1v) is 7.46. The van der Waals surface area contributed by atoms with Crippen LogP contribution in [0.2, 0.25) is 0 Å². The number of anilines is 1. The van der Waals surface area contributed by atoms with E-state index in [0.717, 1.165) is 0 Å². The minimum atomic E-state index is -3.65. The van der Waals surface area contributed by atoms with Gasteiger partial charge in [0.1, 0.15) is 0 Å². The molecule has 2 rings (SSSR count). The van der Waals surface area contributed by atoms with Gasteiger partial charge in [-0.3, -0.25) is 0 Å². The van der Waals surface area contributed by atoms with Gasteiger partial charge in [-0.05, 0) is 18.2 Å². The fraction of sp³-hybridized carbons (Fsp3) is 0.417. The number of carbonyl (C=O) groups is 1. The molecule has 0 aliphatic carbocycles. The number of sulfonamides is 1. The Labute approximate surface area is 117 Å². The van der Waals surface area contributed by atoms with Crippen LogP contribution in [0.5, 0.6) is 0 Å². The molecule has 20 heavy (non-hydrogen) atoms. The van der Waals surface area contributed by atoms with Gasteiger partial charge in [-0.15, -0.1) is 0 Å². The van der Waals surface area contributed by atoms with Crippen LogP contribution in [0.4, 0.5) is 5.69 Å². The summed E-state index contributed by atoms with van der Waals surface area (Å²) in [7, 11) is -2.44. The third-order valence-electron chi connectivity index (χ3n) is 3.04. The van der Waals surface area contributed by atoms with Gasteiger partial charge in [0.2, 0.25) is 10.0 Å². The molecular weight excluding hydrogens is 284 g/mol.